The molecule has 0 spiro atoms. The van der Waals surface area contributed by atoms with Crippen molar-refractivity contribution in [3.63, 3.8) is 0 Å². The number of benzene rings is 1. The maximum Gasteiger partial charge on any atom is 0.573 e. The van der Waals surface area contributed by atoms with Crippen LogP contribution in [0.25, 0.3) is 0 Å². The Morgan fingerprint density at radius 1 is 1.29 bits per heavy atom. The number of hydrogen-bond acceptors (Lipinski definition) is 5. The number of amides is 1. The molecule has 1 atom stereocenters. The molecule has 2 aromatic heterocycles. The molecule has 0 aliphatic carbocycles. The van der Waals surface area contributed by atoms with Crippen molar-refractivity contribution in [1.29, 1.82) is 0 Å². The van der Waals surface area contributed by atoms with E-state index in [0.717, 1.165) is 12.1 Å². The molecular formula is C20H16F4N4O3. The Balaban J connectivity index is 1.81. The van der Waals surface area contributed by atoms with Gasteiger partial charge in [-0.1, -0.05) is 6.07 Å². The van der Waals surface area contributed by atoms with Crippen molar-refractivity contribution in [2.45, 2.75) is 18.3 Å². The minimum Gasteiger partial charge on any atom is -0.491 e. The molecule has 3 heterocycles. The van der Waals surface area contributed by atoms with E-state index < -0.39 is 29.4 Å². The third-order valence-corrected chi connectivity index (χ3v) is 4.82. The Hall–Kier alpha value is -3.63. The zero-order chi connectivity index (χ0) is 22.2. The fourth-order valence-electron chi connectivity index (χ4n) is 3.50. The monoisotopic (exact) mass is 436 g/mol. The van der Waals surface area contributed by atoms with Gasteiger partial charge in [0.15, 0.2) is 11.6 Å². The molecule has 1 aliphatic rings. The fourth-order valence-corrected chi connectivity index (χ4v) is 3.50. The number of carbonyl (C=O) groups excluding carboxylic acids is 1. The molecular weight excluding hydrogens is 420 g/mol. The van der Waals surface area contributed by atoms with Crippen LogP contribution in [0, 0.1) is 5.82 Å². The predicted octanol–water partition coefficient (Wildman–Crippen LogP) is 3.31. The van der Waals surface area contributed by atoms with Gasteiger partial charge in [-0.3, -0.25) is 9.78 Å². The van der Waals surface area contributed by atoms with Gasteiger partial charge in [0.25, 0.3) is 5.91 Å². The molecule has 0 radical (unpaired) electrons. The molecule has 1 amide bonds. The van der Waals surface area contributed by atoms with Gasteiger partial charge in [-0.05, 0) is 29.8 Å². The third kappa shape index (κ3) is 4.03. The molecule has 3 aromatic rings. The minimum absolute atomic E-state index is 0.114. The normalized spacial score (nSPS) is 18.1. The number of carbonyl (C=O) groups is 1. The number of aromatic nitrogens is 3. The summed E-state index contributed by atoms with van der Waals surface area (Å²) in [6.45, 7) is 0.156. The van der Waals surface area contributed by atoms with Crippen molar-refractivity contribution in [2.24, 2.45) is 7.05 Å². The van der Waals surface area contributed by atoms with E-state index >= 15 is 0 Å². The summed E-state index contributed by atoms with van der Waals surface area (Å²) in [6, 6.07) is 6.29. The Morgan fingerprint density at radius 3 is 2.77 bits per heavy atom. The third-order valence-electron chi connectivity index (χ3n) is 4.82. The quantitative estimate of drug-likeness (QED) is 0.635. The van der Waals surface area contributed by atoms with E-state index in [4.69, 9.17) is 4.74 Å². The highest BCUT2D eigenvalue weighted by Gasteiger charge is 2.43. The zero-order valence-electron chi connectivity index (χ0n) is 16.1. The lowest BCUT2D eigenvalue weighted by Crippen LogP contribution is -2.50. The Bertz CT molecular complexity index is 1130. The van der Waals surface area contributed by atoms with E-state index in [9.17, 15) is 22.4 Å². The number of alkyl halides is 3. The van der Waals surface area contributed by atoms with Gasteiger partial charge >= 0.3 is 6.36 Å². The van der Waals surface area contributed by atoms with Crippen LogP contribution in [0.3, 0.4) is 0 Å². The number of nitrogens with one attached hydrogen (secondary N) is 1. The standard InChI is InChI=1S/C20H16F4N4O3/c1-28-10-14(26-11-28)18(29)27-19(6-8-30-16-3-2-7-25-17(16)19)12-4-5-15(13(21)9-12)31-20(22,23)24/h2-5,7,9-11H,6,8H2,1H3,(H,27,29). The number of ether oxygens (including phenoxy) is 2. The zero-order valence-corrected chi connectivity index (χ0v) is 16.1. The van der Waals surface area contributed by atoms with E-state index in [1.807, 2.05) is 0 Å². The van der Waals surface area contributed by atoms with Crippen molar-refractivity contribution in [3.8, 4) is 11.5 Å². The molecule has 1 aliphatic heterocycles. The number of nitrogens with zero attached hydrogens (tertiary/aromatic N) is 3. The average Bonchev–Trinajstić information content (AvgIpc) is 3.15. The van der Waals surface area contributed by atoms with Gasteiger partial charge in [-0.25, -0.2) is 9.37 Å². The Morgan fingerprint density at radius 2 is 2.10 bits per heavy atom. The average molecular weight is 436 g/mol. The molecule has 162 valence electrons. The molecule has 7 nitrogen and oxygen atoms in total. The summed E-state index contributed by atoms with van der Waals surface area (Å²) in [6.07, 6.45) is -0.454. The number of rotatable bonds is 4. The number of aryl methyl sites for hydroxylation is 1. The van der Waals surface area contributed by atoms with Gasteiger partial charge in [0.05, 0.1) is 12.9 Å². The van der Waals surface area contributed by atoms with Crippen LogP contribution >= 0.6 is 0 Å². The second kappa shape index (κ2) is 7.56. The van der Waals surface area contributed by atoms with Gasteiger partial charge < -0.3 is 19.4 Å². The highest BCUT2D eigenvalue weighted by atomic mass is 19.4. The highest BCUT2D eigenvalue weighted by molar-refractivity contribution is 5.93. The smallest absolute Gasteiger partial charge is 0.491 e. The minimum atomic E-state index is -5.04. The molecule has 1 N–H and O–H groups in total. The number of pyridine rings is 1. The van der Waals surface area contributed by atoms with Crippen LogP contribution in [-0.4, -0.2) is 33.4 Å². The molecule has 31 heavy (non-hydrogen) atoms. The molecule has 11 heteroatoms. The van der Waals surface area contributed by atoms with Gasteiger partial charge in [-0.2, -0.15) is 0 Å². The summed E-state index contributed by atoms with van der Waals surface area (Å²) in [5.74, 6) is -2.40. The number of fused-ring (bicyclic) bond motifs is 1. The number of imidazole rings is 1. The largest absolute Gasteiger partial charge is 0.573 e. The van der Waals surface area contributed by atoms with E-state index in [0.29, 0.717) is 11.4 Å². The fraction of sp³-hybridized carbons (Fsp3) is 0.250. The van der Waals surface area contributed by atoms with Crippen LogP contribution in [0.4, 0.5) is 17.6 Å². The lowest BCUT2D eigenvalue weighted by molar-refractivity contribution is -0.275. The van der Waals surface area contributed by atoms with Crippen molar-refractivity contribution < 1.29 is 31.8 Å². The van der Waals surface area contributed by atoms with Gasteiger partial charge in [0.1, 0.15) is 22.7 Å². The van der Waals surface area contributed by atoms with E-state index in [-0.39, 0.29) is 24.3 Å². The maximum atomic E-state index is 14.5. The van der Waals surface area contributed by atoms with Crippen LogP contribution in [0.2, 0.25) is 0 Å². The summed E-state index contributed by atoms with van der Waals surface area (Å²) in [5.41, 5.74) is -0.758. The first kappa shape index (κ1) is 20.6. The molecule has 1 aromatic carbocycles. The second-order valence-corrected chi connectivity index (χ2v) is 6.93. The van der Waals surface area contributed by atoms with Crippen LogP contribution in [-0.2, 0) is 12.6 Å². The second-order valence-electron chi connectivity index (χ2n) is 6.93. The van der Waals surface area contributed by atoms with Crippen molar-refractivity contribution >= 4 is 5.91 Å². The molecule has 0 saturated heterocycles. The first-order valence-electron chi connectivity index (χ1n) is 9.12. The molecule has 0 bridgehead atoms. The van der Waals surface area contributed by atoms with Crippen molar-refractivity contribution in [2.75, 3.05) is 6.61 Å². The first-order valence-corrected chi connectivity index (χ1v) is 9.12. The van der Waals surface area contributed by atoms with E-state index in [1.165, 1.54) is 24.8 Å². The maximum absolute atomic E-state index is 14.5. The van der Waals surface area contributed by atoms with Crippen molar-refractivity contribution in [1.82, 2.24) is 19.9 Å². The summed E-state index contributed by atoms with van der Waals surface area (Å²) in [7, 11) is 1.69. The molecule has 1 unspecified atom stereocenters. The van der Waals surface area contributed by atoms with Gasteiger partial charge in [-0.15, -0.1) is 13.2 Å². The predicted molar refractivity (Wildman–Crippen MR) is 98.9 cm³/mol. The lowest BCUT2D eigenvalue weighted by atomic mass is 9.81. The topological polar surface area (TPSA) is 78.3 Å². The van der Waals surface area contributed by atoms with Gasteiger partial charge in [0, 0.05) is 25.9 Å². The van der Waals surface area contributed by atoms with Crippen molar-refractivity contribution in [3.05, 3.63) is 71.8 Å². The van der Waals surface area contributed by atoms with Crippen LogP contribution < -0.4 is 14.8 Å². The molecule has 0 saturated carbocycles. The number of hydrogen-bond donors (Lipinski definition) is 1. The lowest BCUT2D eigenvalue weighted by Gasteiger charge is -2.38. The summed E-state index contributed by atoms with van der Waals surface area (Å²) in [5, 5.41) is 2.84. The highest BCUT2D eigenvalue weighted by Crippen LogP contribution is 2.42. The molecule has 4 rings (SSSR count). The van der Waals surface area contributed by atoms with E-state index in [1.54, 1.807) is 23.7 Å². The first-order chi connectivity index (χ1) is 14.7. The number of halogens is 4. The van der Waals surface area contributed by atoms with Crippen LogP contribution in [0.1, 0.15) is 28.2 Å². The van der Waals surface area contributed by atoms with E-state index in [2.05, 4.69) is 20.0 Å². The summed E-state index contributed by atoms with van der Waals surface area (Å²) < 4.78 is 63.0. The Labute approximate surface area is 173 Å². The Kier molecular flexibility index (Phi) is 5.03. The van der Waals surface area contributed by atoms with Crippen LogP contribution in [0.15, 0.2) is 49.1 Å². The molecule has 0 fully saturated rings. The SMILES string of the molecule is Cn1cnc(C(=O)NC2(c3ccc(OC(F)(F)F)c(F)c3)CCOc3cccnc32)c1. The van der Waals surface area contributed by atoms with Gasteiger partial charge in [0.2, 0.25) is 0 Å². The van der Waals surface area contributed by atoms with Crippen LogP contribution in [0.5, 0.6) is 11.5 Å². The summed E-state index contributed by atoms with van der Waals surface area (Å²) in [4.78, 5) is 21.3. The summed E-state index contributed by atoms with van der Waals surface area (Å²) >= 11 is 0.